The molecule has 1 atom stereocenters. The quantitative estimate of drug-likeness (QED) is 0.877. The molecule has 25 heavy (non-hydrogen) atoms. The van der Waals surface area contributed by atoms with Crippen LogP contribution in [-0.4, -0.2) is 49.3 Å². The van der Waals surface area contributed by atoms with E-state index >= 15 is 0 Å². The van der Waals surface area contributed by atoms with E-state index in [2.05, 4.69) is 5.32 Å². The fourth-order valence-corrected chi connectivity index (χ4v) is 2.43. The van der Waals surface area contributed by atoms with Crippen LogP contribution in [0.2, 0.25) is 0 Å². The van der Waals surface area contributed by atoms with Gasteiger partial charge in [0.25, 0.3) is 0 Å². The number of hydrogen-bond acceptors (Lipinski definition) is 3. The maximum atomic E-state index is 13.0. The number of anilines is 1. The summed E-state index contributed by atoms with van der Waals surface area (Å²) in [5.74, 6) is -0.754. The van der Waals surface area contributed by atoms with Gasteiger partial charge in [0.15, 0.2) is 0 Å². The predicted molar refractivity (Wildman–Crippen MR) is 95.5 cm³/mol. The molecule has 0 heterocycles. The lowest BCUT2D eigenvalue weighted by molar-refractivity contribution is -0.131. The number of likely N-dealkylation sites (N-methyl/N-ethyl adjacent to an activating group) is 2. The Morgan fingerprint density at radius 1 is 1.00 bits per heavy atom. The average Bonchev–Trinajstić information content (AvgIpc) is 2.58. The molecule has 0 unspecified atom stereocenters. The third kappa shape index (κ3) is 5.12. The van der Waals surface area contributed by atoms with E-state index < -0.39 is 6.04 Å². The van der Waals surface area contributed by atoms with Gasteiger partial charge in [-0.2, -0.15) is 0 Å². The predicted octanol–water partition coefficient (Wildman–Crippen LogP) is 2.53. The normalized spacial score (nSPS) is 11.9. The summed E-state index contributed by atoms with van der Waals surface area (Å²) in [5, 5.41) is 2.78. The number of benzene rings is 2. The largest absolute Gasteiger partial charge is 0.348 e. The lowest BCUT2D eigenvalue weighted by Crippen LogP contribution is -2.41. The van der Waals surface area contributed by atoms with Crippen LogP contribution in [0.4, 0.5) is 10.1 Å². The molecule has 2 aromatic carbocycles. The topological polar surface area (TPSA) is 52.7 Å². The van der Waals surface area contributed by atoms with Crippen LogP contribution in [-0.2, 0) is 9.59 Å². The van der Waals surface area contributed by atoms with Gasteiger partial charge in [0.1, 0.15) is 11.9 Å². The standard InChI is InChI=1S/C19H22FN3O2/c1-22(2)17(24)13-23(3)18(14-7-5-4-6-8-14)19(25)21-16-11-9-15(20)10-12-16/h4-12,18H,13H2,1-3H3,(H,21,25)/t18-/m0/s1. The van der Waals surface area contributed by atoms with Crippen LogP contribution in [0.5, 0.6) is 0 Å². The highest BCUT2D eigenvalue weighted by molar-refractivity contribution is 5.95. The summed E-state index contributed by atoms with van der Waals surface area (Å²) >= 11 is 0. The van der Waals surface area contributed by atoms with Crippen molar-refractivity contribution in [3.05, 3.63) is 66.0 Å². The third-order valence-electron chi connectivity index (χ3n) is 3.80. The number of nitrogens with one attached hydrogen (secondary N) is 1. The van der Waals surface area contributed by atoms with Gasteiger partial charge in [-0.25, -0.2) is 4.39 Å². The monoisotopic (exact) mass is 343 g/mol. The van der Waals surface area contributed by atoms with Crippen LogP contribution >= 0.6 is 0 Å². The van der Waals surface area contributed by atoms with Crippen molar-refractivity contribution in [3.8, 4) is 0 Å². The van der Waals surface area contributed by atoms with Crippen LogP contribution in [0.15, 0.2) is 54.6 Å². The first kappa shape index (κ1) is 18.6. The van der Waals surface area contributed by atoms with Gasteiger partial charge in [0.05, 0.1) is 6.54 Å². The molecule has 0 saturated carbocycles. The van der Waals surface area contributed by atoms with Crippen LogP contribution in [0.25, 0.3) is 0 Å². The van der Waals surface area contributed by atoms with Crippen molar-refractivity contribution in [2.24, 2.45) is 0 Å². The molecule has 132 valence electrons. The summed E-state index contributed by atoms with van der Waals surface area (Å²) in [4.78, 5) is 28.0. The summed E-state index contributed by atoms with van der Waals surface area (Å²) in [7, 11) is 5.07. The molecule has 0 saturated heterocycles. The molecule has 5 nitrogen and oxygen atoms in total. The Morgan fingerprint density at radius 3 is 2.16 bits per heavy atom. The molecular weight excluding hydrogens is 321 g/mol. The lowest BCUT2D eigenvalue weighted by Gasteiger charge is -2.28. The molecule has 6 heteroatoms. The second kappa shape index (κ2) is 8.39. The highest BCUT2D eigenvalue weighted by atomic mass is 19.1. The highest BCUT2D eigenvalue weighted by Gasteiger charge is 2.27. The second-order valence-electron chi connectivity index (χ2n) is 6.01. The number of rotatable bonds is 6. The number of carbonyl (C=O) groups excluding carboxylic acids is 2. The maximum Gasteiger partial charge on any atom is 0.246 e. The van der Waals surface area contributed by atoms with E-state index in [0.29, 0.717) is 5.69 Å². The van der Waals surface area contributed by atoms with Crippen molar-refractivity contribution in [1.82, 2.24) is 9.80 Å². The van der Waals surface area contributed by atoms with Gasteiger partial charge in [0.2, 0.25) is 11.8 Å². The van der Waals surface area contributed by atoms with Crippen molar-refractivity contribution < 1.29 is 14.0 Å². The zero-order chi connectivity index (χ0) is 18.4. The van der Waals surface area contributed by atoms with Crippen LogP contribution in [0.3, 0.4) is 0 Å². The second-order valence-corrected chi connectivity index (χ2v) is 6.01. The van der Waals surface area contributed by atoms with Gasteiger partial charge in [-0.3, -0.25) is 14.5 Å². The minimum Gasteiger partial charge on any atom is -0.348 e. The SMILES string of the molecule is CN(C)C(=O)CN(C)[C@H](C(=O)Nc1ccc(F)cc1)c1ccccc1. The van der Waals surface area contributed by atoms with E-state index in [1.807, 2.05) is 30.3 Å². The molecule has 1 N–H and O–H groups in total. The molecule has 2 rings (SSSR count). The van der Waals surface area contributed by atoms with E-state index in [0.717, 1.165) is 5.56 Å². The number of amides is 2. The Kier molecular flexibility index (Phi) is 6.25. The zero-order valence-corrected chi connectivity index (χ0v) is 14.6. The van der Waals surface area contributed by atoms with Crippen LogP contribution in [0, 0.1) is 5.82 Å². The van der Waals surface area contributed by atoms with Gasteiger partial charge in [0, 0.05) is 19.8 Å². The molecule has 2 aromatic rings. The van der Waals surface area contributed by atoms with Crippen molar-refractivity contribution in [2.75, 3.05) is 33.0 Å². The molecule has 0 aliphatic heterocycles. The molecule has 0 fully saturated rings. The molecule has 0 aromatic heterocycles. The first-order valence-electron chi connectivity index (χ1n) is 7.90. The van der Waals surface area contributed by atoms with Gasteiger partial charge in [-0.1, -0.05) is 30.3 Å². The summed E-state index contributed by atoms with van der Waals surface area (Å²) in [6.45, 7) is 0.101. The smallest absolute Gasteiger partial charge is 0.246 e. The molecule has 0 aliphatic rings. The van der Waals surface area contributed by atoms with E-state index in [1.165, 1.54) is 29.2 Å². The van der Waals surface area contributed by atoms with Crippen molar-refractivity contribution >= 4 is 17.5 Å². The summed E-state index contributed by atoms with van der Waals surface area (Å²) in [5.41, 5.74) is 1.27. The fraction of sp³-hybridized carbons (Fsp3) is 0.263. The Balaban J connectivity index is 2.23. The highest BCUT2D eigenvalue weighted by Crippen LogP contribution is 2.22. The van der Waals surface area contributed by atoms with Gasteiger partial charge in [-0.05, 0) is 36.9 Å². The van der Waals surface area contributed by atoms with Crippen molar-refractivity contribution in [2.45, 2.75) is 6.04 Å². The minimum atomic E-state index is -0.643. The van der Waals surface area contributed by atoms with Gasteiger partial charge < -0.3 is 10.2 Å². The molecule has 0 bridgehead atoms. The first-order valence-corrected chi connectivity index (χ1v) is 7.90. The number of halogens is 1. The molecule has 0 aliphatic carbocycles. The van der Waals surface area contributed by atoms with Crippen LogP contribution in [0.1, 0.15) is 11.6 Å². The Bertz CT molecular complexity index is 717. The molecular formula is C19H22FN3O2. The summed E-state index contributed by atoms with van der Waals surface area (Å²) in [6, 6.07) is 14.2. The number of hydrogen-bond donors (Lipinski definition) is 1. The van der Waals surface area contributed by atoms with Crippen molar-refractivity contribution in [1.29, 1.82) is 0 Å². The fourth-order valence-electron chi connectivity index (χ4n) is 2.43. The van der Waals surface area contributed by atoms with Crippen molar-refractivity contribution in [3.63, 3.8) is 0 Å². The third-order valence-corrected chi connectivity index (χ3v) is 3.80. The van der Waals surface area contributed by atoms with E-state index in [9.17, 15) is 14.0 Å². The Labute approximate surface area is 147 Å². The van der Waals surface area contributed by atoms with Crippen LogP contribution < -0.4 is 5.32 Å². The Morgan fingerprint density at radius 2 is 1.60 bits per heavy atom. The summed E-state index contributed by atoms with van der Waals surface area (Å²) in [6.07, 6.45) is 0. The van der Waals surface area contributed by atoms with E-state index in [1.54, 1.807) is 26.0 Å². The molecule has 0 radical (unpaired) electrons. The average molecular weight is 343 g/mol. The summed E-state index contributed by atoms with van der Waals surface area (Å²) < 4.78 is 13.0. The number of nitrogens with zero attached hydrogens (tertiary/aromatic N) is 2. The Hall–Kier alpha value is -2.73. The molecule has 2 amide bonds. The number of carbonyl (C=O) groups is 2. The lowest BCUT2D eigenvalue weighted by atomic mass is 10.0. The zero-order valence-electron chi connectivity index (χ0n) is 14.6. The van der Waals surface area contributed by atoms with Gasteiger partial charge >= 0.3 is 0 Å². The van der Waals surface area contributed by atoms with E-state index in [4.69, 9.17) is 0 Å². The van der Waals surface area contributed by atoms with Gasteiger partial charge in [-0.15, -0.1) is 0 Å². The maximum absolute atomic E-state index is 13.0. The van der Waals surface area contributed by atoms with E-state index in [-0.39, 0.29) is 24.2 Å². The minimum absolute atomic E-state index is 0.0991. The first-order chi connectivity index (χ1) is 11.9. The molecule has 0 spiro atoms.